The van der Waals surface area contributed by atoms with Crippen molar-refractivity contribution in [1.29, 1.82) is 0 Å². The van der Waals surface area contributed by atoms with E-state index in [1.54, 1.807) is 0 Å². The Kier molecular flexibility index (Phi) is 35.2. The van der Waals surface area contributed by atoms with Gasteiger partial charge in [0.2, 0.25) is 0 Å². The predicted molar refractivity (Wildman–Crippen MR) is 146 cm³/mol. The highest BCUT2D eigenvalue weighted by molar-refractivity contribution is 5.70. The number of unbranched alkanes of at least 4 members (excludes halogenated alkanes) is 1. The molecule has 40 heavy (non-hydrogen) atoms. The Morgan fingerprint density at radius 1 is 0.375 bits per heavy atom. The van der Waals surface area contributed by atoms with E-state index >= 15 is 0 Å². The molecule has 0 saturated heterocycles. The molecular formula is C27H54O13. The summed E-state index contributed by atoms with van der Waals surface area (Å²) in [5.74, 6) is -0.406. The fourth-order valence-corrected chi connectivity index (χ4v) is 2.66. The number of esters is 1. The van der Waals surface area contributed by atoms with Gasteiger partial charge in [0.15, 0.2) is 0 Å². The normalized spacial score (nSPS) is 11.3. The maximum absolute atomic E-state index is 10.8. The van der Waals surface area contributed by atoms with Crippen molar-refractivity contribution in [3.8, 4) is 0 Å². The van der Waals surface area contributed by atoms with Crippen LogP contribution in [0.5, 0.6) is 0 Å². The van der Waals surface area contributed by atoms with Crippen molar-refractivity contribution < 1.29 is 61.6 Å². The lowest BCUT2D eigenvalue weighted by Crippen LogP contribution is -2.16. The van der Waals surface area contributed by atoms with E-state index in [0.717, 1.165) is 19.4 Å². The summed E-state index contributed by atoms with van der Waals surface area (Å²) < 4.78 is 63.7. The first-order valence-electron chi connectivity index (χ1n) is 14.2. The van der Waals surface area contributed by atoms with Crippen LogP contribution in [0.15, 0.2) is 0 Å². The highest BCUT2D eigenvalue weighted by Gasteiger charge is 1.99. The molecule has 0 radical (unpaired) electrons. The van der Waals surface area contributed by atoms with Crippen molar-refractivity contribution in [2.45, 2.75) is 19.8 Å². The van der Waals surface area contributed by atoms with Gasteiger partial charge in [-0.3, -0.25) is 0 Å². The van der Waals surface area contributed by atoms with Crippen LogP contribution in [0.3, 0.4) is 0 Å². The molecule has 0 unspecified atom stereocenters. The fraction of sp³-hybridized carbons (Fsp3) is 0.963. The largest absolute Gasteiger partial charge is 0.467 e. The molecule has 240 valence electrons. The molecule has 0 atom stereocenters. The highest BCUT2D eigenvalue weighted by atomic mass is 16.6. The Morgan fingerprint density at radius 2 is 0.600 bits per heavy atom. The van der Waals surface area contributed by atoms with E-state index in [4.69, 9.17) is 52.1 Å². The lowest BCUT2D eigenvalue weighted by atomic mass is 10.4. The number of hydrogen-bond donors (Lipinski definition) is 0. The molecule has 0 heterocycles. The first-order valence-corrected chi connectivity index (χ1v) is 14.2. The van der Waals surface area contributed by atoms with Gasteiger partial charge in [-0.1, -0.05) is 13.3 Å². The molecule has 0 aliphatic carbocycles. The van der Waals surface area contributed by atoms with Crippen LogP contribution < -0.4 is 0 Å². The van der Waals surface area contributed by atoms with E-state index < -0.39 is 5.97 Å². The van der Waals surface area contributed by atoms with Crippen molar-refractivity contribution in [2.24, 2.45) is 0 Å². The van der Waals surface area contributed by atoms with Crippen LogP contribution in [0.1, 0.15) is 19.8 Å². The van der Waals surface area contributed by atoms with Crippen LogP contribution in [-0.2, 0) is 61.6 Å². The Labute approximate surface area is 240 Å². The minimum absolute atomic E-state index is 0.0676. The lowest BCUT2D eigenvalue weighted by molar-refractivity contribution is -0.146. The number of ether oxygens (including phenoxy) is 12. The monoisotopic (exact) mass is 586 g/mol. The quantitative estimate of drug-likeness (QED) is 0.0779. The van der Waals surface area contributed by atoms with Crippen molar-refractivity contribution in [1.82, 2.24) is 0 Å². The summed E-state index contributed by atoms with van der Waals surface area (Å²) in [6.45, 7) is 12.9. The van der Waals surface area contributed by atoms with E-state index in [9.17, 15) is 4.79 Å². The van der Waals surface area contributed by atoms with Crippen molar-refractivity contribution >= 4 is 5.97 Å². The third-order valence-electron chi connectivity index (χ3n) is 4.81. The first-order chi connectivity index (χ1) is 19.8. The summed E-state index contributed by atoms with van der Waals surface area (Å²) in [7, 11) is 1.32. The van der Waals surface area contributed by atoms with E-state index in [2.05, 4.69) is 11.7 Å². The molecule has 0 fully saturated rings. The average Bonchev–Trinajstić information content (AvgIpc) is 2.97. The van der Waals surface area contributed by atoms with Crippen molar-refractivity contribution in [3.05, 3.63) is 0 Å². The fourth-order valence-electron chi connectivity index (χ4n) is 2.66. The number of hydrogen-bond acceptors (Lipinski definition) is 13. The second kappa shape index (κ2) is 36.1. The molecule has 0 saturated carbocycles. The molecule has 0 N–H and O–H groups in total. The van der Waals surface area contributed by atoms with E-state index in [-0.39, 0.29) is 6.61 Å². The van der Waals surface area contributed by atoms with Gasteiger partial charge in [0, 0.05) is 6.61 Å². The van der Waals surface area contributed by atoms with Crippen molar-refractivity contribution in [2.75, 3.05) is 152 Å². The van der Waals surface area contributed by atoms with Crippen LogP contribution in [0.25, 0.3) is 0 Å². The van der Waals surface area contributed by atoms with Gasteiger partial charge in [-0.05, 0) is 6.42 Å². The maximum atomic E-state index is 10.8. The van der Waals surface area contributed by atoms with E-state index in [0.29, 0.717) is 132 Å². The van der Waals surface area contributed by atoms with Gasteiger partial charge in [-0.2, -0.15) is 0 Å². The summed E-state index contributed by atoms with van der Waals surface area (Å²) in [6.07, 6.45) is 2.24. The third-order valence-corrected chi connectivity index (χ3v) is 4.81. The minimum Gasteiger partial charge on any atom is -0.467 e. The Hall–Kier alpha value is -0.970. The molecule has 0 aromatic carbocycles. The number of carbonyl (C=O) groups is 1. The zero-order valence-electron chi connectivity index (χ0n) is 24.8. The average molecular weight is 587 g/mol. The molecular weight excluding hydrogens is 532 g/mol. The number of rotatable bonds is 35. The van der Waals surface area contributed by atoms with Gasteiger partial charge in [-0.25, -0.2) is 4.79 Å². The van der Waals surface area contributed by atoms with Crippen LogP contribution >= 0.6 is 0 Å². The SMILES string of the molecule is CCCCOCCOCCOCCOCCOCCOCCOCCOCCOCCOCCOCC(=O)OC. The number of carbonyl (C=O) groups excluding carboxylic acids is 1. The minimum atomic E-state index is -0.406. The van der Waals surface area contributed by atoms with E-state index in [1.807, 2.05) is 0 Å². The summed E-state index contributed by atoms with van der Waals surface area (Å²) in [5.41, 5.74) is 0. The molecule has 0 aromatic rings. The summed E-state index contributed by atoms with van der Waals surface area (Å²) in [4.78, 5) is 10.8. The Morgan fingerprint density at radius 3 is 0.825 bits per heavy atom. The molecule has 0 amide bonds. The Balaban J connectivity index is 3.04. The number of methoxy groups -OCH3 is 1. The molecule has 0 bridgehead atoms. The van der Waals surface area contributed by atoms with Gasteiger partial charge < -0.3 is 56.8 Å². The zero-order chi connectivity index (χ0) is 29.0. The second-order valence-electron chi connectivity index (χ2n) is 8.11. The van der Waals surface area contributed by atoms with Gasteiger partial charge in [0.25, 0.3) is 0 Å². The highest BCUT2D eigenvalue weighted by Crippen LogP contribution is 1.89. The van der Waals surface area contributed by atoms with Crippen LogP contribution in [0, 0.1) is 0 Å². The van der Waals surface area contributed by atoms with Gasteiger partial charge in [0.1, 0.15) is 6.61 Å². The second-order valence-corrected chi connectivity index (χ2v) is 8.11. The summed E-state index contributed by atoms with van der Waals surface area (Å²) in [5, 5.41) is 0. The molecule has 0 rings (SSSR count). The van der Waals surface area contributed by atoms with Crippen molar-refractivity contribution in [3.63, 3.8) is 0 Å². The lowest BCUT2D eigenvalue weighted by Gasteiger charge is -2.09. The van der Waals surface area contributed by atoms with Gasteiger partial charge in [-0.15, -0.1) is 0 Å². The molecule has 0 aliphatic heterocycles. The Bertz CT molecular complexity index is 485. The van der Waals surface area contributed by atoms with E-state index in [1.165, 1.54) is 7.11 Å². The molecule has 0 spiro atoms. The summed E-state index contributed by atoms with van der Waals surface area (Å²) >= 11 is 0. The topological polar surface area (TPSA) is 128 Å². The summed E-state index contributed by atoms with van der Waals surface area (Å²) in [6, 6.07) is 0. The van der Waals surface area contributed by atoms with Crippen LogP contribution in [-0.4, -0.2) is 158 Å². The molecule has 13 nitrogen and oxygen atoms in total. The smallest absolute Gasteiger partial charge is 0.331 e. The molecule has 0 aromatic heterocycles. The first kappa shape index (κ1) is 39.0. The van der Waals surface area contributed by atoms with Crippen LogP contribution in [0.4, 0.5) is 0 Å². The zero-order valence-corrected chi connectivity index (χ0v) is 24.8. The van der Waals surface area contributed by atoms with Gasteiger partial charge >= 0.3 is 5.97 Å². The van der Waals surface area contributed by atoms with Crippen LogP contribution in [0.2, 0.25) is 0 Å². The van der Waals surface area contributed by atoms with Gasteiger partial charge in [0.05, 0.1) is 139 Å². The third kappa shape index (κ3) is 35.1. The standard InChI is InChI=1S/C27H54O13/c1-3-4-5-30-6-7-31-8-9-32-10-11-33-12-13-34-14-15-35-16-17-36-18-19-37-20-21-38-22-23-39-24-25-40-26-27(28)29-2/h3-26H2,1-2H3. The maximum Gasteiger partial charge on any atom is 0.331 e. The molecule has 13 heteroatoms. The molecule has 0 aliphatic rings. The predicted octanol–water partition coefficient (Wildman–Crippen LogP) is 1.14.